The summed E-state index contributed by atoms with van der Waals surface area (Å²) >= 11 is 3.05. The lowest BCUT2D eigenvalue weighted by Gasteiger charge is -2.06. The van der Waals surface area contributed by atoms with Crippen LogP contribution in [-0.2, 0) is 0 Å². The van der Waals surface area contributed by atoms with Crippen molar-refractivity contribution in [3.63, 3.8) is 0 Å². The summed E-state index contributed by atoms with van der Waals surface area (Å²) in [4.78, 5) is 14.5. The Morgan fingerprint density at radius 2 is 2.38 bits per heavy atom. The van der Waals surface area contributed by atoms with E-state index >= 15 is 0 Å². The maximum absolute atomic E-state index is 10.7. The van der Waals surface area contributed by atoms with Gasteiger partial charge in [-0.05, 0) is 22.0 Å². The van der Waals surface area contributed by atoms with Gasteiger partial charge in [0.05, 0.1) is 12.7 Å². The standard InChI is InChI=1S/C7H7BrN2O3/c1-13-6-5(9)3(7(11)12)2-4(8)10-6/h2H,9H2,1H3,(H,11,12). The average molecular weight is 247 g/mol. The van der Waals surface area contributed by atoms with E-state index in [9.17, 15) is 4.79 Å². The molecule has 13 heavy (non-hydrogen) atoms. The maximum atomic E-state index is 10.7. The van der Waals surface area contributed by atoms with Crippen molar-refractivity contribution in [3.8, 4) is 5.88 Å². The molecule has 0 unspecified atom stereocenters. The first kappa shape index (κ1) is 9.79. The third-order valence-electron chi connectivity index (χ3n) is 1.42. The number of nitrogens with zero attached hydrogens (tertiary/aromatic N) is 1. The number of aromatic nitrogens is 1. The molecule has 0 spiro atoms. The number of nitrogens with two attached hydrogens (primary N) is 1. The normalized spacial score (nSPS) is 9.69. The number of carbonyl (C=O) groups is 1. The van der Waals surface area contributed by atoms with Crippen molar-refractivity contribution >= 4 is 27.6 Å². The molecule has 0 aliphatic rings. The van der Waals surface area contributed by atoms with E-state index in [2.05, 4.69) is 20.9 Å². The molecule has 1 rings (SSSR count). The molecule has 0 aromatic carbocycles. The highest BCUT2D eigenvalue weighted by Gasteiger charge is 2.14. The lowest BCUT2D eigenvalue weighted by molar-refractivity contribution is 0.0697. The van der Waals surface area contributed by atoms with Crippen LogP contribution in [0.4, 0.5) is 5.69 Å². The van der Waals surface area contributed by atoms with E-state index in [4.69, 9.17) is 15.6 Å². The topological polar surface area (TPSA) is 85.4 Å². The fraction of sp³-hybridized carbons (Fsp3) is 0.143. The predicted octanol–water partition coefficient (Wildman–Crippen LogP) is 1.13. The molecule has 5 nitrogen and oxygen atoms in total. The van der Waals surface area contributed by atoms with Gasteiger partial charge < -0.3 is 15.6 Å². The largest absolute Gasteiger partial charge is 0.479 e. The van der Waals surface area contributed by atoms with Crippen LogP contribution in [-0.4, -0.2) is 23.2 Å². The van der Waals surface area contributed by atoms with Crippen LogP contribution < -0.4 is 10.5 Å². The Bertz CT molecular complexity index is 354. The summed E-state index contributed by atoms with van der Waals surface area (Å²) in [5.74, 6) is -1.01. The fourth-order valence-electron chi connectivity index (χ4n) is 0.834. The van der Waals surface area contributed by atoms with Crippen LogP contribution in [0.2, 0.25) is 0 Å². The van der Waals surface area contributed by atoms with Crippen molar-refractivity contribution < 1.29 is 14.6 Å². The monoisotopic (exact) mass is 246 g/mol. The summed E-state index contributed by atoms with van der Waals surface area (Å²) in [5.41, 5.74) is 5.47. The quantitative estimate of drug-likeness (QED) is 0.765. The van der Waals surface area contributed by atoms with Crippen molar-refractivity contribution in [2.24, 2.45) is 0 Å². The van der Waals surface area contributed by atoms with Crippen LogP contribution in [0.1, 0.15) is 10.4 Å². The maximum Gasteiger partial charge on any atom is 0.338 e. The Labute approximate surface area is 82.7 Å². The van der Waals surface area contributed by atoms with Gasteiger partial charge >= 0.3 is 5.97 Å². The molecule has 0 atom stereocenters. The van der Waals surface area contributed by atoms with Crippen LogP contribution in [0.15, 0.2) is 10.7 Å². The Morgan fingerprint density at radius 1 is 1.77 bits per heavy atom. The van der Waals surface area contributed by atoms with Crippen LogP contribution in [0.3, 0.4) is 0 Å². The minimum atomic E-state index is -1.11. The Kier molecular flexibility index (Phi) is 2.72. The van der Waals surface area contributed by atoms with Crippen molar-refractivity contribution in [1.82, 2.24) is 4.98 Å². The number of rotatable bonds is 2. The SMILES string of the molecule is COc1nc(Br)cc(C(=O)O)c1N. The zero-order chi connectivity index (χ0) is 10.0. The summed E-state index contributed by atoms with van der Waals surface area (Å²) < 4.78 is 5.16. The van der Waals surface area contributed by atoms with E-state index in [1.807, 2.05) is 0 Å². The average Bonchev–Trinajstić information content (AvgIpc) is 2.08. The first-order valence-corrected chi connectivity index (χ1v) is 4.09. The van der Waals surface area contributed by atoms with Crippen LogP contribution in [0, 0.1) is 0 Å². The van der Waals surface area contributed by atoms with Gasteiger partial charge in [-0.25, -0.2) is 9.78 Å². The van der Waals surface area contributed by atoms with Crippen molar-refractivity contribution in [2.45, 2.75) is 0 Å². The molecule has 6 heteroatoms. The number of anilines is 1. The number of aromatic carboxylic acids is 1. The van der Waals surface area contributed by atoms with E-state index in [0.29, 0.717) is 4.60 Å². The molecule has 0 aliphatic carbocycles. The van der Waals surface area contributed by atoms with E-state index in [-0.39, 0.29) is 17.1 Å². The van der Waals surface area contributed by atoms with Gasteiger partial charge in [0.25, 0.3) is 0 Å². The number of carboxylic acid groups (broad SMARTS) is 1. The number of hydrogen-bond acceptors (Lipinski definition) is 4. The van der Waals surface area contributed by atoms with Gasteiger partial charge in [-0.2, -0.15) is 0 Å². The second-order valence-electron chi connectivity index (χ2n) is 2.22. The summed E-state index contributed by atoms with van der Waals surface area (Å²) in [5, 5.41) is 8.73. The molecule has 0 amide bonds. The highest BCUT2D eigenvalue weighted by molar-refractivity contribution is 9.10. The Morgan fingerprint density at radius 3 is 2.85 bits per heavy atom. The zero-order valence-electron chi connectivity index (χ0n) is 6.74. The Balaban J connectivity index is 3.35. The van der Waals surface area contributed by atoms with Crippen molar-refractivity contribution in [3.05, 3.63) is 16.2 Å². The number of ether oxygens (including phenoxy) is 1. The van der Waals surface area contributed by atoms with E-state index in [0.717, 1.165) is 0 Å². The van der Waals surface area contributed by atoms with Gasteiger partial charge in [-0.15, -0.1) is 0 Å². The second-order valence-corrected chi connectivity index (χ2v) is 3.03. The summed E-state index contributed by atoms with van der Waals surface area (Å²) in [7, 11) is 1.37. The van der Waals surface area contributed by atoms with Gasteiger partial charge in [0.15, 0.2) is 0 Å². The molecule has 0 radical (unpaired) electrons. The van der Waals surface area contributed by atoms with Crippen LogP contribution in [0.25, 0.3) is 0 Å². The number of pyridine rings is 1. The first-order valence-electron chi connectivity index (χ1n) is 3.29. The molecule has 1 aromatic heterocycles. The summed E-state index contributed by atoms with van der Waals surface area (Å²) in [6.45, 7) is 0. The molecule has 0 aliphatic heterocycles. The minimum Gasteiger partial charge on any atom is -0.479 e. The van der Waals surface area contributed by atoms with Gasteiger partial charge in [0.2, 0.25) is 5.88 Å². The molecular weight excluding hydrogens is 240 g/mol. The van der Waals surface area contributed by atoms with Gasteiger partial charge in [0.1, 0.15) is 10.3 Å². The molecule has 1 heterocycles. The molecule has 1 aromatic rings. The van der Waals surface area contributed by atoms with Crippen molar-refractivity contribution in [1.29, 1.82) is 0 Å². The van der Waals surface area contributed by atoms with Crippen LogP contribution in [0.5, 0.6) is 5.88 Å². The van der Waals surface area contributed by atoms with Crippen molar-refractivity contribution in [2.75, 3.05) is 12.8 Å². The second kappa shape index (κ2) is 3.61. The third-order valence-corrected chi connectivity index (χ3v) is 1.82. The lowest BCUT2D eigenvalue weighted by atomic mass is 10.2. The molecule has 0 saturated carbocycles. The highest BCUT2D eigenvalue weighted by Crippen LogP contribution is 2.25. The van der Waals surface area contributed by atoms with E-state index in [1.54, 1.807) is 0 Å². The van der Waals surface area contributed by atoms with Gasteiger partial charge in [-0.3, -0.25) is 0 Å². The lowest BCUT2D eigenvalue weighted by Crippen LogP contribution is -2.06. The summed E-state index contributed by atoms with van der Waals surface area (Å²) in [6.07, 6.45) is 0. The van der Waals surface area contributed by atoms with E-state index in [1.165, 1.54) is 13.2 Å². The fourth-order valence-corrected chi connectivity index (χ4v) is 1.22. The van der Waals surface area contributed by atoms with Gasteiger partial charge in [0, 0.05) is 0 Å². The number of halogens is 1. The first-order chi connectivity index (χ1) is 6.06. The van der Waals surface area contributed by atoms with Crippen LogP contribution >= 0.6 is 15.9 Å². The Hall–Kier alpha value is -1.30. The minimum absolute atomic E-state index is 0.0261. The molecule has 0 bridgehead atoms. The number of carboxylic acids is 1. The molecule has 3 N–H and O–H groups in total. The molecular formula is C7H7BrN2O3. The summed E-state index contributed by atoms with van der Waals surface area (Å²) in [6, 6.07) is 1.32. The predicted molar refractivity (Wildman–Crippen MR) is 49.9 cm³/mol. The third kappa shape index (κ3) is 1.89. The zero-order valence-corrected chi connectivity index (χ0v) is 8.33. The highest BCUT2D eigenvalue weighted by atomic mass is 79.9. The van der Waals surface area contributed by atoms with E-state index < -0.39 is 5.97 Å². The number of nitrogen functional groups attached to an aromatic ring is 1. The molecule has 70 valence electrons. The van der Waals surface area contributed by atoms with Gasteiger partial charge in [-0.1, -0.05) is 0 Å². The smallest absolute Gasteiger partial charge is 0.338 e. The molecule has 0 saturated heterocycles. The number of hydrogen-bond donors (Lipinski definition) is 2. The molecule has 0 fully saturated rings. The number of methoxy groups -OCH3 is 1.